The van der Waals surface area contributed by atoms with Crippen molar-refractivity contribution in [1.29, 1.82) is 0 Å². The molecule has 174 valence electrons. The van der Waals surface area contributed by atoms with Crippen LogP contribution in [-0.2, 0) is 0 Å². The summed E-state index contributed by atoms with van der Waals surface area (Å²) in [4.78, 5) is 23.5. The van der Waals surface area contributed by atoms with Gasteiger partial charge in [0.25, 0.3) is 5.91 Å². The summed E-state index contributed by atoms with van der Waals surface area (Å²) in [6.07, 6.45) is 8.33. The number of thiophene rings is 1. The van der Waals surface area contributed by atoms with Gasteiger partial charge in [0, 0.05) is 49.0 Å². The molecule has 0 bridgehead atoms. The van der Waals surface area contributed by atoms with Crippen LogP contribution in [0.2, 0.25) is 0 Å². The molecule has 6 rings (SSSR count). The highest BCUT2D eigenvalue weighted by Crippen LogP contribution is 2.42. The smallest absolute Gasteiger partial charge is 0.268 e. The summed E-state index contributed by atoms with van der Waals surface area (Å²) in [5.41, 5.74) is 9.31. The quantitative estimate of drug-likeness (QED) is 0.636. The maximum Gasteiger partial charge on any atom is 0.268 e. The molecule has 0 aliphatic carbocycles. The van der Waals surface area contributed by atoms with E-state index in [1.165, 1.54) is 11.3 Å². The number of aryl methyl sites for hydroxylation is 1. The van der Waals surface area contributed by atoms with Crippen LogP contribution in [0.5, 0.6) is 11.5 Å². The number of carbonyl (C=O) groups excluding carboxylic acids is 1. The second-order valence-corrected chi connectivity index (χ2v) is 10.1. The number of ether oxygens (including phenoxy) is 2. The number of piperidine rings is 1. The Bertz CT molecular complexity index is 1200. The van der Waals surface area contributed by atoms with Crippen LogP contribution in [0, 0.1) is 6.92 Å². The molecule has 33 heavy (non-hydrogen) atoms. The van der Waals surface area contributed by atoms with Gasteiger partial charge in [-0.25, -0.2) is 4.98 Å². The fourth-order valence-electron chi connectivity index (χ4n) is 5.29. The summed E-state index contributed by atoms with van der Waals surface area (Å²) < 4.78 is 13.5. The molecule has 2 N–H and O–H groups in total. The van der Waals surface area contributed by atoms with Crippen molar-refractivity contribution in [2.24, 2.45) is 5.73 Å². The van der Waals surface area contributed by atoms with Crippen LogP contribution in [0.3, 0.4) is 0 Å². The highest BCUT2D eigenvalue weighted by atomic mass is 32.1. The molecule has 6 heterocycles. The fraction of sp³-hybridized carbons (Fsp3) is 0.500. The van der Waals surface area contributed by atoms with Crippen LogP contribution < -0.4 is 20.1 Å². The number of carbonyl (C=O) groups is 1. The number of amides is 1. The van der Waals surface area contributed by atoms with Crippen molar-refractivity contribution in [1.82, 2.24) is 14.3 Å². The van der Waals surface area contributed by atoms with E-state index in [0.29, 0.717) is 29.6 Å². The van der Waals surface area contributed by atoms with Crippen LogP contribution in [0.4, 0.5) is 5.82 Å². The Labute approximate surface area is 196 Å². The highest BCUT2D eigenvalue weighted by Gasteiger charge is 2.34. The van der Waals surface area contributed by atoms with Crippen LogP contribution in [0.1, 0.15) is 52.5 Å². The van der Waals surface area contributed by atoms with E-state index in [9.17, 15) is 4.79 Å². The molecule has 2 saturated heterocycles. The molecular formula is C24H29N5O3S. The third kappa shape index (κ3) is 3.63. The molecule has 3 aliphatic rings. The SMILES string of the molecule is Cc1cn2cc([C@@H]3CCCCN3C(=O)c3scc4c3OCCO4)cc2nc1N1CC[C@H](N)C1. The number of nitrogens with zero attached hydrogens (tertiary/aromatic N) is 4. The zero-order chi connectivity index (χ0) is 22.5. The van der Waals surface area contributed by atoms with Crippen LogP contribution in [-0.4, -0.2) is 59.1 Å². The number of fused-ring (bicyclic) bond motifs is 2. The summed E-state index contributed by atoms with van der Waals surface area (Å²) in [5.74, 6) is 2.33. The average molecular weight is 468 g/mol. The van der Waals surface area contributed by atoms with Crippen molar-refractivity contribution in [3.63, 3.8) is 0 Å². The molecule has 3 aromatic heterocycles. The normalized spacial score (nSPS) is 22.8. The Kier molecular flexibility index (Phi) is 5.18. The second-order valence-electron chi connectivity index (χ2n) is 9.25. The van der Waals surface area contributed by atoms with Gasteiger partial charge in [-0.2, -0.15) is 0 Å². The Morgan fingerprint density at radius 3 is 2.91 bits per heavy atom. The van der Waals surface area contributed by atoms with Crippen LogP contribution >= 0.6 is 11.3 Å². The van der Waals surface area contributed by atoms with E-state index in [2.05, 4.69) is 34.7 Å². The minimum absolute atomic E-state index is 0.0270. The lowest BCUT2D eigenvalue weighted by molar-refractivity contribution is 0.0609. The van der Waals surface area contributed by atoms with Crippen LogP contribution in [0.15, 0.2) is 23.8 Å². The molecule has 3 aliphatic heterocycles. The first-order valence-corrected chi connectivity index (χ1v) is 12.6. The lowest BCUT2D eigenvalue weighted by Crippen LogP contribution is -2.38. The number of rotatable bonds is 3. The molecule has 9 heteroatoms. The third-order valence-corrected chi connectivity index (χ3v) is 7.85. The van der Waals surface area contributed by atoms with Gasteiger partial charge in [-0.3, -0.25) is 4.79 Å². The first-order valence-electron chi connectivity index (χ1n) is 11.8. The van der Waals surface area contributed by atoms with Gasteiger partial charge in [0.15, 0.2) is 11.5 Å². The number of aromatic nitrogens is 2. The number of hydrogen-bond donors (Lipinski definition) is 1. The van der Waals surface area contributed by atoms with Gasteiger partial charge in [-0.05, 0) is 44.2 Å². The van der Waals surface area contributed by atoms with E-state index in [1.807, 2.05) is 10.3 Å². The summed E-state index contributed by atoms with van der Waals surface area (Å²) in [7, 11) is 0. The minimum Gasteiger partial charge on any atom is -0.485 e. The molecule has 1 amide bonds. The van der Waals surface area contributed by atoms with Gasteiger partial charge in [-0.15, -0.1) is 11.3 Å². The van der Waals surface area contributed by atoms with E-state index in [0.717, 1.165) is 67.9 Å². The van der Waals surface area contributed by atoms with E-state index in [-0.39, 0.29) is 18.0 Å². The van der Waals surface area contributed by atoms with Gasteiger partial charge in [0.1, 0.15) is 29.6 Å². The number of hydrogen-bond acceptors (Lipinski definition) is 7. The van der Waals surface area contributed by atoms with Crippen molar-refractivity contribution in [2.75, 3.05) is 37.7 Å². The molecule has 0 radical (unpaired) electrons. The van der Waals surface area contributed by atoms with Gasteiger partial charge >= 0.3 is 0 Å². The summed E-state index contributed by atoms with van der Waals surface area (Å²) >= 11 is 1.41. The minimum atomic E-state index is 0.0270. The van der Waals surface area contributed by atoms with Crippen molar-refractivity contribution >= 4 is 28.7 Å². The zero-order valence-electron chi connectivity index (χ0n) is 18.8. The molecule has 0 unspecified atom stereocenters. The molecule has 0 spiro atoms. The lowest BCUT2D eigenvalue weighted by atomic mass is 9.97. The largest absolute Gasteiger partial charge is 0.485 e. The van der Waals surface area contributed by atoms with E-state index in [4.69, 9.17) is 20.2 Å². The number of nitrogens with two attached hydrogens (primary N) is 1. The summed E-state index contributed by atoms with van der Waals surface area (Å²) in [6.45, 7) is 5.64. The average Bonchev–Trinajstić information content (AvgIpc) is 3.55. The van der Waals surface area contributed by atoms with E-state index in [1.54, 1.807) is 0 Å². The van der Waals surface area contributed by atoms with Crippen molar-refractivity contribution in [3.8, 4) is 11.5 Å². The summed E-state index contributed by atoms with van der Waals surface area (Å²) in [5, 5.41) is 1.88. The molecule has 2 fully saturated rings. The fourth-order valence-corrected chi connectivity index (χ4v) is 6.17. The first-order chi connectivity index (χ1) is 16.1. The standard InChI is InChI=1S/C24H29N5O3S/c1-15-11-28-12-16(10-20(28)26-23(15)27-7-5-17(25)13-27)18-4-2-3-6-29(18)24(30)22-21-19(14-33-22)31-8-9-32-21/h10-12,14,17-18H,2-9,13,25H2,1H3/t17-,18-/m0/s1. The maximum atomic E-state index is 13.6. The highest BCUT2D eigenvalue weighted by molar-refractivity contribution is 7.12. The Morgan fingerprint density at radius 2 is 2.06 bits per heavy atom. The monoisotopic (exact) mass is 467 g/mol. The molecule has 0 aromatic carbocycles. The molecule has 3 aromatic rings. The molecule has 2 atom stereocenters. The Morgan fingerprint density at radius 1 is 1.18 bits per heavy atom. The molecule has 8 nitrogen and oxygen atoms in total. The molecule has 0 saturated carbocycles. The van der Waals surface area contributed by atoms with Gasteiger partial charge in [0.2, 0.25) is 0 Å². The topological polar surface area (TPSA) is 85.3 Å². The van der Waals surface area contributed by atoms with Gasteiger partial charge < -0.3 is 29.4 Å². The van der Waals surface area contributed by atoms with Gasteiger partial charge in [-0.1, -0.05) is 0 Å². The third-order valence-electron chi connectivity index (χ3n) is 6.92. The van der Waals surface area contributed by atoms with Crippen molar-refractivity contribution in [3.05, 3.63) is 39.8 Å². The number of anilines is 1. The van der Waals surface area contributed by atoms with E-state index < -0.39 is 0 Å². The van der Waals surface area contributed by atoms with E-state index >= 15 is 0 Å². The number of likely N-dealkylation sites (tertiary alicyclic amines) is 1. The first kappa shape index (κ1) is 20.8. The molecular weight excluding hydrogens is 438 g/mol. The summed E-state index contributed by atoms with van der Waals surface area (Å²) in [6, 6.07) is 2.38. The Hall–Kier alpha value is -2.78. The van der Waals surface area contributed by atoms with Crippen LogP contribution in [0.25, 0.3) is 5.65 Å². The Balaban J connectivity index is 1.32. The van der Waals surface area contributed by atoms with Gasteiger partial charge in [0.05, 0.1) is 6.04 Å². The second kappa shape index (κ2) is 8.22. The predicted molar refractivity (Wildman–Crippen MR) is 128 cm³/mol. The van der Waals surface area contributed by atoms with Crippen molar-refractivity contribution < 1.29 is 14.3 Å². The van der Waals surface area contributed by atoms with Crippen molar-refractivity contribution in [2.45, 2.75) is 44.7 Å². The lowest BCUT2D eigenvalue weighted by Gasteiger charge is -2.35. The predicted octanol–water partition coefficient (Wildman–Crippen LogP) is 3.38. The maximum absolute atomic E-state index is 13.6. The zero-order valence-corrected chi connectivity index (χ0v) is 19.6.